The molecular weight excluding hydrogens is 500 g/mol. The van der Waals surface area contributed by atoms with E-state index in [0.717, 1.165) is 0 Å². The van der Waals surface area contributed by atoms with Gasteiger partial charge in [0.1, 0.15) is 12.1 Å². The number of hydrogen-bond acceptors (Lipinski definition) is 6. The van der Waals surface area contributed by atoms with E-state index in [1.54, 1.807) is 12.1 Å². The highest BCUT2D eigenvalue weighted by Crippen LogP contribution is 2.36. The molecule has 178 valence electrons. The van der Waals surface area contributed by atoms with E-state index in [4.69, 9.17) is 31.8 Å². The second kappa shape index (κ2) is 10.7. The van der Waals surface area contributed by atoms with Crippen LogP contribution in [0, 0.1) is 71.6 Å². The van der Waals surface area contributed by atoms with Gasteiger partial charge in [0, 0.05) is 13.9 Å². The van der Waals surface area contributed by atoms with Crippen LogP contribution in [0.2, 0.25) is 0 Å². The first kappa shape index (κ1) is 20.8. The van der Waals surface area contributed by atoms with Crippen molar-refractivity contribution in [2.45, 2.75) is 0 Å². The highest BCUT2D eigenvalue weighted by atomic mass is 14.8. The maximum Gasteiger partial charge on any atom is 0.211 e. The summed E-state index contributed by atoms with van der Waals surface area (Å²) >= 11 is 0. The number of fused-ring (bicyclic) bond motifs is 1. The van der Waals surface area contributed by atoms with Crippen LogP contribution in [0.4, 0.5) is 22.7 Å². The molecule has 0 saturated heterocycles. The Labute approximate surface area is 233 Å². The number of benzene rings is 2. The Kier molecular flexibility index (Phi) is 5.58. The summed E-state index contributed by atoms with van der Waals surface area (Å²) in [6.45, 7) is 29.4. The molecule has 0 radical (unpaired) electrons. The normalized spacial score (nSPS) is 12.5. The molecule has 0 aliphatic carbocycles. The molecular formula is C30H8N10. The van der Waals surface area contributed by atoms with Crippen LogP contribution in [0.1, 0.15) is 27.7 Å². The number of nitriles is 4. The predicted molar refractivity (Wildman–Crippen MR) is 142 cm³/mol. The van der Waals surface area contributed by atoms with Crippen molar-refractivity contribution in [2.75, 3.05) is 0 Å². The Balaban J connectivity index is 2.07. The van der Waals surface area contributed by atoms with Crippen LogP contribution >= 0.6 is 0 Å². The minimum absolute atomic E-state index is 0.0339. The first-order chi connectivity index (χ1) is 21.2. The van der Waals surface area contributed by atoms with Crippen molar-refractivity contribution in [3.8, 4) is 24.3 Å². The molecule has 0 unspecified atom stereocenters. The van der Waals surface area contributed by atoms with Gasteiger partial charge in [-0.25, -0.2) is 19.7 Å². The lowest BCUT2D eigenvalue weighted by Gasteiger charge is -2.06. The van der Waals surface area contributed by atoms with Crippen molar-refractivity contribution in [3.63, 3.8) is 0 Å². The zero-order chi connectivity index (χ0) is 32.3. The molecule has 0 aliphatic rings. The van der Waals surface area contributed by atoms with Gasteiger partial charge < -0.3 is 0 Å². The molecule has 4 aromatic rings. The molecule has 40 heavy (non-hydrogen) atoms. The summed E-state index contributed by atoms with van der Waals surface area (Å²) in [6, 6.07) is 10.3. The fraction of sp³-hybridized carbons (Fsp3) is 0. The van der Waals surface area contributed by atoms with Crippen molar-refractivity contribution in [1.82, 2.24) is 9.97 Å². The SMILES string of the molecule is [2H]c1c(C#N)c([N+]#[C-])c([N+]#[C-])c([2H])c1/C(C#N)=c1\ccc2n/c(=C(/C#N)c3c([2H])c(C#N)c([N+]#[C-])c([N+]#[C-])c3[2H])ccc2n1. The van der Waals surface area contributed by atoms with Gasteiger partial charge in [0.15, 0.2) is 11.4 Å². The smallest absolute Gasteiger partial charge is 0.211 e. The van der Waals surface area contributed by atoms with Crippen molar-refractivity contribution in [3.05, 3.63) is 127 Å². The number of pyridine rings is 2. The van der Waals surface area contributed by atoms with Crippen molar-refractivity contribution in [1.29, 1.82) is 21.0 Å². The Morgan fingerprint density at radius 3 is 1.32 bits per heavy atom. The zero-order valence-electron chi connectivity index (χ0n) is 23.8. The van der Waals surface area contributed by atoms with E-state index in [9.17, 15) is 21.0 Å². The molecule has 0 atom stereocenters. The molecule has 2 aromatic carbocycles. The zero-order valence-corrected chi connectivity index (χ0v) is 19.8. The van der Waals surface area contributed by atoms with E-state index in [1.807, 2.05) is 12.1 Å². The van der Waals surface area contributed by atoms with Crippen LogP contribution in [0.15, 0.2) is 48.4 Å². The molecule has 0 N–H and O–H groups in total. The average molecular weight is 512 g/mol. The van der Waals surface area contributed by atoms with Crippen LogP contribution < -0.4 is 10.7 Å². The third-order valence-electron chi connectivity index (χ3n) is 5.36. The molecule has 10 heteroatoms. The molecule has 0 spiro atoms. The minimum atomic E-state index is -0.577. The van der Waals surface area contributed by atoms with Crippen LogP contribution in [0.25, 0.3) is 41.6 Å². The van der Waals surface area contributed by atoms with Crippen LogP contribution in [0.5, 0.6) is 0 Å². The number of hydrogen-bond donors (Lipinski definition) is 0. The molecule has 2 aromatic heterocycles. The minimum Gasteiger partial charge on any atom is -0.250 e. The van der Waals surface area contributed by atoms with Gasteiger partial charge in [0.25, 0.3) is 0 Å². The van der Waals surface area contributed by atoms with Gasteiger partial charge >= 0.3 is 0 Å². The lowest BCUT2D eigenvalue weighted by atomic mass is 10.0. The van der Waals surface area contributed by atoms with Crippen molar-refractivity contribution in [2.24, 2.45) is 0 Å². The van der Waals surface area contributed by atoms with Crippen LogP contribution in [0.3, 0.4) is 0 Å². The second-order valence-corrected chi connectivity index (χ2v) is 7.47. The van der Waals surface area contributed by atoms with E-state index in [2.05, 4.69) is 29.3 Å². The quantitative estimate of drug-likeness (QED) is 0.346. The summed E-state index contributed by atoms with van der Waals surface area (Å²) in [5.74, 6) is 0. The highest BCUT2D eigenvalue weighted by molar-refractivity contribution is 5.88. The van der Waals surface area contributed by atoms with E-state index in [-0.39, 0.29) is 44.0 Å². The van der Waals surface area contributed by atoms with E-state index < -0.39 is 58.0 Å². The topological polar surface area (TPSA) is 138 Å². The summed E-state index contributed by atoms with van der Waals surface area (Å²) in [5.41, 5.74) is -3.72. The van der Waals surface area contributed by atoms with Gasteiger partial charge in [0.05, 0.1) is 74.0 Å². The summed E-state index contributed by atoms with van der Waals surface area (Å²) in [6.07, 6.45) is 0. The van der Waals surface area contributed by atoms with Crippen molar-refractivity contribution < 1.29 is 5.48 Å². The standard InChI is InChI=1S/C30H8N10/c1-35-27-11-17(9-19(13-31)29(27)37-3)21(15-33)23-5-7-26-25(39-23)8-6-24(40-26)22(16-34)18-10-20(14-32)30(38-4)28(12-18)36-2/h5-12H/b23-21-,24-22+/i9D,10D,11D,12D. The van der Waals surface area contributed by atoms with Crippen LogP contribution in [-0.2, 0) is 0 Å². The second-order valence-electron chi connectivity index (χ2n) is 7.47. The first-order valence-electron chi connectivity index (χ1n) is 12.6. The summed E-state index contributed by atoms with van der Waals surface area (Å²) in [4.78, 5) is 21.4. The predicted octanol–water partition coefficient (Wildman–Crippen LogP) is 5.02. The average Bonchev–Trinajstić information content (AvgIpc) is 3.03. The van der Waals surface area contributed by atoms with E-state index in [1.165, 1.54) is 24.3 Å². The van der Waals surface area contributed by atoms with E-state index in [0.29, 0.717) is 0 Å². The summed E-state index contributed by atoms with van der Waals surface area (Å²) in [5, 5.41) is 39.0. The molecule has 2 heterocycles. The number of nitrogens with zero attached hydrogens (tertiary/aromatic N) is 10. The lowest BCUT2D eigenvalue weighted by Crippen LogP contribution is -2.15. The van der Waals surface area contributed by atoms with Gasteiger partial charge in [-0.3, -0.25) is 9.69 Å². The van der Waals surface area contributed by atoms with Gasteiger partial charge in [-0.1, -0.05) is 12.1 Å². The molecule has 0 fully saturated rings. The monoisotopic (exact) mass is 512 g/mol. The van der Waals surface area contributed by atoms with E-state index >= 15 is 0 Å². The molecule has 0 bridgehead atoms. The Morgan fingerprint density at radius 2 is 1.02 bits per heavy atom. The fourth-order valence-electron chi connectivity index (χ4n) is 3.58. The first-order valence-corrected chi connectivity index (χ1v) is 10.6. The van der Waals surface area contributed by atoms with Gasteiger partial charge in [0.2, 0.25) is 11.4 Å². The van der Waals surface area contributed by atoms with Gasteiger partial charge in [-0.15, -0.1) is 0 Å². The maximum absolute atomic E-state index is 9.99. The summed E-state index contributed by atoms with van der Waals surface area (Å²) in [7, 11) is 0. The Bertz CT molecular complexity index is 2220. The number of aromatic nitrogens is 2. The largest absolute Gasteiger partial charge is 0.250 e. The fourth-order valence-corrected chi connectivity index (χ4v) is 3.58. The summed E-state index contributed by atoms with van der Waals surface area (Å²) < 4.78 is 33.7. The molecule has 0 amide bonds. The molecule has 4 rings (SSSR count). The third kappa shape index (κ3) is 4.36. The van der Waals surface area contributed by atoms with Gasteiger partial charge in [-0.05, 0) is 47.5 Å². The van der Waals surface area contributed by atoms with Crippen LogP contribution in [-0.4, -0.2) is 9.97 Å². The lowest BCUT2D eigenvalue weighted by molar-refractivity contribution is 1.24. The molecule has 0 aliphatic heterocycles. The van der Waals surface area contributed by atoms with Crippen molar-refractivity contribution >= 4 is 44.9 Å². The third-order valence-corrected chi connectivity index (χ3v) is 5.36. The Morgan fingerprint density at radius 1 is 0.625 bits per heavy atom. The maximum atomic E-state index is 9.99. The molecule has 0 saturated carbocycles. The van der Waals surface area contributed by atoms with Gasteiger partial charge in [-0.2, -0.15) is 21.0 Å². The molecule has 10 nitrogen and oxygen atoms in total. The Hall–Kier alpha value is -7.34. The highest BCUT2D eigenvalue weighted by Gasteiger charge is 2.16. The number of rotatable bonds is 2.